The average molecular weight is 288 g/mol. The first-order chi connectivity index (χ1) is 9.99. The molecular weight excluding hydrogens is 260 g/mol. The Morgan fingerprint density at radius 3 is 2.67 bits per heavy atom. The van der Waals surface area contributed by atoms with Gasteiger partial charge in [-0.15, -0.1) is 0 Å². The van der Waals surface area contributed by atoms with Crippen LogP contribution in [0.2, 0.25) is 0 Å². The first-order valence-corrected chi connectivity index (χ1v) is 8.10. The number of carbonyl (C=O) groups is 1. The van der Waals surface area contributed by atoms with E-state index in [1.807, 2.05) is 19.2 Å². The van der Waals surface area contributed by atoms with E-state index in [0.29, 0.717) is 12.5 Å². The van der Waals surface area contributed by atoms with Crippen molar-refractivity contribution in [1.82, 2.24) is 5.32 Å². The van der Waals surface area contributed by atoms with E-state index in [1.165, 1.54) is 24.8 Å². The zero-order valence-corrected chi connectivity index (χ0v) is 13.7. The summed E-state index contributed by atoms with van der Waals surface area (Å²) < 4.78 is 0. The van der Waals surface area contributed by atoms with E-state index in [2.05, 4.69) is 38.2 Å². The van der Waals surface area contributed by atoms with Crippen molar-refractivity contribution in [2.24, 2.45) is 5.92 Å². The predicted molar refractivity (Wildman–Crippen MR) is 88.5 cm³/mol. The normalized spacial score (nSPS) is 19.8. The highest BCUT2D eigenvalue weighted by atomic mass is 16.2. The van der Waals surface area contributed by atoms with Crippen LogP contribution in [0, 0.1) is 5.92 Å². The maximum Gasteiger partial charge on any atom is 0.228 e. The lowest BCUT2D eigenvalue weighted by Crippen LogP contribution is -2.40. The number of fused-ring (bicyclic) bond motifs is 1. The van der Waals surface area contributed by atoms with Crippen molar-refractivity contribution < 1.29 is 4.79 Å². The number of carbonyl (C=O) groups excluding carboxylic acids is 1. The Balaban J connectivity index is 2.00. The third-order valence-electron chi connectivity index (χ3n) is 4.33. The smallest absolute Gasteiger partial charge is 0.228 e. The van der Waals surface area contributed by atoms with Crippen molar-refractivity contribution in [3.8, 4) is 0 Å². The zero-order chi connectivity index (χ0) is 15.4. The second-order valence-corrected chi connectivity index (χ2v) is 6.66. The lowest BCUT2D eigenvalue weighted by molar-refractivity contribution is -0.119. The van der Waals surface area contributed by atoms with Gasteiger partial charge in [0.25, 0.3) is 0 Å². The number of nitrogens with zero attached hydrogens (tertiary/aromatic N) is 1. The van der Waals surface area contributed by atoms with Gasteiger partial charge in [0.2, 0.25) is 5.91 Å². The van der Waals surface area contributed by atoms with Gasteiger partial charge in [0.05, 0.1) is 0 Å². The van der Waals surface area contributed by atoms with Gasteiger partial charge in [-0.05, 0) is 30.9 Å². The Morgan fingerprint density at radius 2 is 1.95 bits per heavy atom. The summed E-state index contributed by atoms with van der Waals surface area (Å²) in [6.45, 7) is 6.76. The highest BCUT2D eigenvalue weighted by Gasteiger charge is 2.29. The maximum absolute atomic E-state index is 12.1. The maximum atomic E-state index is 12.1. The number of amides is 1. The summed E-state index contributed by atoms with van der Waals surface area (Å²) in [5, 5.41) is 3.65. The molecule has 1 aliphatic heterocycles. The van der Waals surface area contributed by atoms with Crippen LogP contribution >= 0.6 is 0 Å². The van der Waals surface area contributed by atoms with Gasteiger partial charge in [-0.25, -0.2) is 0 Å². The Morgan fingerprint density at radius 1 is 1.24 bits per heavy atom. The molecule has 3 heteroatoms. The first-order valence-electron chi connectivity index (χ1n) is 8.10. The molecule has 2 atom stereocenters. The molecule has 1 aromatic carbocycles. The van der Waals surface area contributed by atoms with Crippen molar-refractivity contribution in [2.75, 3.05) is 11.9 Å². The van der Waals surface area contributed by atoms with Gasteiger partial charge in [-0.2, -0.15) is 0 Å². The van der Waals surface area contributed by atoms with E-state index in [1.54, 1.807) is 4.90 Å². The molecule has 116 valence electrons. The van der Waals surface area contributed by atoms with E-state index < -0.39 is 0 Å². The number of hydrogen-bond donors (Lipinski definition) is 1. The topological polar surface area (TPSA) is 32.3 Å². The highest BCUT2D eigenvalue weighted by molar-refractivity contribution is 5.96. The van der Waals surface area contributed by atoms with Crippen molar-refractivity contribution >= 4 is 11.6 Å². The Kier molecular flexibility index (Phi) is 5.40. The fraction of sp³-hybridized carbons (Fsp3) is 0.611. The van der Waals surface area contributed by atoms with Gasteiger partial charge >= 0.3 is 0 Å². The lowest BCUT2D eigenvalue weighted by Gasteiger charge is -2.33. The van der Waals surface area contributed by atoms with E-state index >= 15 is 0 Å². The molecule has 1 amide bonds. The zero-order valence-electron chi connectivity index (χ0n) is 13.7. The molecule has 3 nitrogen and oxygen atoms in total. The SMILES string of the molecule is CC(C)CCCC(C)NC1CC(=O)N(C)c2ccccc21. The molecule has 1 N–H and O–H groups in total. The number of para-hydroxylation sites is 1. The molecule has 0 radical (unpaired) electrons. The molecule has 1 heterocycles. The largest absolute Gasteiger partial charge is 0.315 e. The summed E-state index contributed by atoms with van der Waals surface area (Å²) in [5.41, 5.74) is 2.29. The van der Waals surface area contributed by atoms with Gasteiger partial charge in [-0.3, -0.25) is 4.79 Å². The van der Waals surface area contributed by atoms with E-state index in [4.69, 9.17) is 0 Å². The number of rotatable bonds is 6. The van der Waals surface area contributed by atoms with Crippen LogP contribution in [0.15, 0.2) is 24.3 Å². The number of benzene rings is 1. The van der Waals surface area contributed by atoms with Crippen LogP contribution in [0.5, 0.6) is 0 Å². The molecule has 0 saturated heterocycles. The molecule has 0 aliphatic carbocycles. The number of anilines is 1. The summed E-state index contributed by atoms with van der Waals surface area (Å²) in [6, 6.07) is 8.82. The fourth-order valence-electron chi connectivity index (χ4n) is 3.05. The molecule has 21 heavy (non-hydrogen) atoms. The molecule has 1 aliphatic rings. The monoisotopic (exact) mass is 288 g/mol. The molecule has 2 rings (SSSR count). The van der Waals surface area contributed by atoms with E-state index in [9.17, 15) is 4.79 Å². The van der Waals surface area contributed by atoms with Crippen molar-refractivity contribution in [2.45, 2.75) is 58.5 Å². The van der Waals surface area contributed by atoms with Crippen molar-refractivity contribution in [1.29, 1.82) is 0 Å². The fourth-order valence-corrected chi connectivity index (χ4v) is 3.05. The lowest BCUT2D eigenvalue weighted by atomic mass is 9.94. The summed E-state index contributed by atoms with van der Waals surface area (Å²) in [4.78, 5) is 13.9. The van der Waals surface area contributed by atoms with Crippen LogP contribution in [0.3, 0.4) is 0 Å². The van der Waals surface area contributed by atoms with Crippen LogP contribution in [-0.4, -0.2) is 19.0 Å². The van der Waals surface area contributed by atoms with Crippen LogP contribution in [-0.2, 0) is 4.79 Å². The average Bonchev–Trinajstić information content (AvgIpc) is 2.44. The molecule has 0 spiro atoms. The molecule has 1 aromatic rings. The molecule has 0 fully saturated rings. The van der Waals surface area contributed by atoms with Gasteiger partial charge in [0.15, 0.2) is 0 Å². The summed E-state index contributed by atoms with van der Waals surface area (Å²) >= 11 is 0. The molecule has 2 unspecified atom stereocenters. The Labute approximate surface area is 128 Å². The van der Waals surface area contributed by atoms with E-state index in [-0.39, 0.29) is 11.9 Å². The van der Waals surface area contributed by atoms with Crippen LogP contribution in [0.25, 0.3) is 0 Å². The van der Waals surface area contributed by atoms with Crippen molar-refractivity contribution in [3.63, 3.8) is 0 Å². The minimum absolute atomic E-state index is 0.152. The summed E-state index contributed by atoms with van der Waals surface area (Å²) in [5.74, 6) is 0.961. The predicted octanol–water partition coefficient (Wildman–Crippen LogP) is 3.90. The van der Waals surface area contributed by atoms with Crippen LogP contribution < -0.4 is 10.2 Å². The van der Waals surface area contributed by atoms with Gasteiger partial charge in [0, 0.05) is 31.2 Å². The molecular formula is C18H28N2O. The number of nitrogens with one attached hydrogen (secondary N) is 1. The number of hydrogen-bond acceptors (Lipinski definition) is 2. The van der Waals surface area contributed by atoms with Crippen LogP contribution in [0.1, 0.15) is 58.1 Å². The summed E-state index contributed by atoms with van der Waals surface area (Å²) in [7, 11) is 1.86. The quantitative estimate of drug-likeness (QED) is 0.861. The van der Waals surface area contributed by atoms with Gasteiger partial charge < -0.3 is 10.2 Å². The minimum Gasteiger partial charge on any atom is -0.315 e. The second-order valence-electron chi connectivity index (χ2n) is 6.66. The second kappa shape index (κ2) is 7.08. The minimum atomic E-state index is 0.152. The van der Waals surface area contributed by atoms with E-state index in [0.717, 1.165) is 11.6 Å². The van der Waals surface area contributed by atoms with Crippen LogP contribution in [0.4, 0.5) is 5.69 Å². The van der Waals surface area contributed by atoms with Gasteiger partial charge in [0.1, 0.15) is 0 Å². The van der Waals surface area contributed by atoms with Crippen molar-refractivity contribution in [3.05, 3.63) is 29.8 Å². The molecule has 0 aromatic heterocycles. The van der Waals surface area contributed by atoms with Gasteiger partial charge in [-0.1, -0.05) is 44.9 Å². The third-order valence-corrected chi connectivity index (χ3v) is 4.33. The molecule has 0 saturated carbocycles. The summed E-state index contributed by atoms with van der Waals surface area (Å²) in [6.07, 6.45) is 4.24. The molecule has 0 bridgehead atoms. The standard InChI is InChI=1S/C18H28N2O/c1-13(2)8-7-9-14(3)19-16-12-18(21)20(4)17-11-6-5-10-15(16)17/h5-6,10-11,13-14,16,19H,7-9,12H2,1-4H3. The Hall–Kier alpha value is -1.35. The third kappa shape index (κ3) is 4.07. The highest BCUT2D eigenvalue weighted by Crippen LogP contribution is 2.33. The first kappa shape index (κ1) is 16.0. The Bertz CT molecular complexity index is 484.